The third-order valence-corrected chi connectivity index (χ3v) is 1.45. The van der Waals surface area contributed by atoms with Crippen LogP contribution in [-0.2, 0) is 9.59 Å². The highest BCUT2D eigenvalue weighted by Crippen LogP contribution is 1.98. The molecule has 0 saturated heterocycles. The first kappa shape index (κ1) is 11.7. The molecule has 0 aromatic carbocycles. The molecule has 0 aliphatic heterocycles. The summed E-state index contributed by atoms with van der Waals surface area (Å²) >= 11 is 0. The summed E-state index contributed by atoms with van der Waals surface area (Å²) in [5, 5.41) is 16.6. The van der Waals surface area contributed by atoms with E-state index in [1.807, 2.05) is 6.08 Å². The molecule has 0 amide bonds. The van der Waals surface area contributed by atoms with Crippen LogP contribution in [0.2, 0.25) is 0 Å². The van der Waals surface area contributed by atoms with Crippen molar-refractivity contribution in [1.29, 1.82) is 0 Å². The maximum Gasteiger partial charge on any atom is 0.303 e. The maximum absolute atomic E-state index is 10.1. The lowest BCUT2D eigenvalue weighted by molar-refractivity contribution is -0.138. The van der Waals surface area contributed by atoms with Crippen LogP contribution in [0.15, 0.2) is 12.2 Å². The number of aliphatic carboxylic acids is 2. The molecule has 4 nitrogen and oxygen atoms in total. The van der Waals surface area contributed by atoms with Crippen molar-refractivity contribution in [2.24, 2.45) is 0 Å². The molecule has 0 aliphatic rings. The number of carboxylic acids is 2. The molecule has 0 rings (SSSR count). The van der Waals surface area contributed by atoms with Gasteiger partial charge in [-0.05, 0) is 19.3 Å². The van der Waals surface area contributed by atoms with E-state index in [1.165, 1.54) is 0 Å². The van der Waals surface area contributed by atoms with Crippen LogP contribution in [0.25, 0.3) is 0 Å². The van der Waals surface area contributed by atoms with Gasteiger partial charge in [0.15, 0.2) is 0 Å². The van der Waals surface area contributed by atoms with Crippen LogP contribution in [0, 0.1) is 0 Å². The van der Waals surface area contributed by atoms with E-state index >= 15 is 0 Å². The predicted molar refractivity (Wildman–Crippen MR) is 47.5 cm³/mol. The SMILES string of the molecule is O=C(O)CC/C=C\CCCC(=O)O. The number of carboxylic acid groups (broad SMARTS) is 2. The number of allylic oxidation sites excluding steroid dienone is 2. The minimum absolute atomic E-state index is 0.134. The lowest BCUT2D eigenvalue weighted by Crippen LogP contribution is -1.93. The minimum Gasteiger partial charge on any atom is -0.481 e. The van der Waals surface area contributed by atoms with E-state index < -0.39 is 11.9 Å². The fraction of sp³-hybridized carbons (Fsp3) is 0.556. The van der Waals surface area contributed by atoms with Gasteiger partial charge in [-0.3, -0.25) is 9.59 Å². The Balaban J connectivity index is 3.22. The molecule has 0 aromatic heterocycles. The van der Waals surface area contributed by atoms with E-state index in [2.05, 4.69) is 0 Å². The van der Waals surface area contributed by atoms with Gasteiger partial charge in [-0.2, -0.15) is 0 Å². The highest BCUT2D eigenvalue weighted by atomic mass is 16.4. The summed E-state index contributed by atoms with van der Waals surface area (Å²) in [4.78, 5) is 20.1. The standard InChI is InChI=1S/C9H14O4/c10-8(11)6-4-2-1-3-5-7-9(12)13/h1-2H,3-7H2,(H,10,11)(H,12,13)/b2-1-. The zero-order valence-corrected chi connectivity index (χ0v) is 7.40. The van der Waals surface area contributed by atoms with Crippen LogP contribution in [0.1, 0.15) is 32.1 Å². The van der Waals surface area contributed by atoms with Crippen molar-refractivity contribution < 1.29 is 19.8 Å². The zero-order valence-electron chi connectivity index (χ0n) is 7.40. The van der Waals surface area contributed by atoms with Crippen molar-refractivity contribution in [3.63, 3.8) is 0 Å². The number of unbranched alkanes of at least 4 members (excludes halogenated alkanes) is 1. The first-order valence-electron chi connectivity index (χ1n) is 4.21. The van der Waals surface area contributed by atoms with Gasteiger partial charge in [-0.15, -0.1) is 0 Å². The number of hydrogen-bond acceptors (Lipinski definition) is 2. The summed E-state index contributed by atoms with van der Waals surface area (Å²) in [5.74, 6) is -1.60. The van der Waals surface area contributed by atoms with Crippen molar-refractivity contribution in [3.8, 4) is 0 Å². The second kappa shape index (κ2) is 7.34. The van der Waals surface area contributed by atoms with Crippen molar-refractivity contribution in [2.45, 2.75) is 32.1 Å². The number of carbonyl (C=O) groups is 2. The third kappa shape index (κ3) is 10.7. The molecular weight excluding hydrogens is 172 g/mol. The Morgan fingerprint density at radius 1 is 0.923 bits per heavy atom. The first-order chi connectivity index (χ1) is 6.13. The molecule has 0 spiro atoms. The van der Waals surface area contributed by atoms with Crippen molar-refractivity contribution in [3.05, 3.63) is 12.2 Å². The molecule has 13 heavy (non-hydrogen) atoms. The molecule has 2 N–H and O–H groups in total. The van der Waals surface area contributed by atoms with E-state index in [9.17, 15) is 9.59 Å². The first-order valence-corrected chi connectivity index (χ1v) is 4.21. The molecule has 74 valence electrons. The number of rotatable bonds is 7. The molecule has 0 bridgehead atoms. The Labute approximate surface area is 76.9 Å². The quantitative estimate of drug-likeness (QED) is 0.468. The monoisotopic (exact) mass is 186 g/mol. The lowest BCUT2D eigenvalue weighted by atomic mass is 10.2. The summed E-state index contributed by atoms with van der Waals surface area (Å²) < 4.78 is 0. The Hall–Kier alpha value is -1.32. The van der Waals surface area contributed by atoms with Crippen LogP contribution in [0.4, 0.5) is 0 Å². The van der Waals surface area contributed by atoms with Crippen LogP contribution in [0.5, 0.6) is 0 Å². The average Bonchev–Trinajstić information content (AvgIpc) is 2.01. The lowest BCUT2D eigenvalue weighted by Gasteiger charge is -1.90. The maximum atomic E-state index is 10.1. The Morgan fingerprint density at radius 3 is 2.00 bits per heavy atom. The smallest absolute Gasteiger partial charge is 0.303 e. The van der Waals surface area contributed by atoms with Gasteiger partial charge in [-0.25, -0.2) is 0 Å². The van der Waals surface area contributed by atoms with Gasteiger partial charge in [0.05, 0.1) is 0 Å². The normalized spacial score (nSPS) is 10.5. The Bertz CT molecular complexity index is 196. The van der Waals surface area contributed by atoms with Crippen LogP contribution in [0.3, 0.4) is 0 Å². The van der Waals surface area contributed by atoms with Crippen molar-refractivity contribution in [2.75, 3.05) is 0 Å². The molecule has 4 heteroatoms. The summed E-state index contributed by atoms with van der Waals surface area (Å²) in [6.07, 6.45) is 5.73. The fourth-order valence-corrected chi connectivity index (χ4v) is 0.814. The molecule has 0 aromatic rings. The second-order valence-corrected chi connectivity index (χ2v) is 2.69. The average molecular weight is 186 g/mol. The van der Waals surface area contributed by atoms with Gasteiger partial charge in [-0.1, -0.05) is 12.2 Å². The topological polar surface area (TPSA) is 74.6 Å². The van der Waals surface area contributed by atoms with Gasteiger partial charge in [0.25, 0.3) is 0 Å². The molecule has 0 radical (unpaired) electrons. The molecule has 0 aliphatic carbocycles. The molecule has 0 heterocycles. The second-order valence-electron chi connectivity index (χ2n) is 2.69. The van der Waals surface area contributed by atoms with E-state index in [0.717, 1.165) is 0 Å². The predicted octanol–water partition coefficient (Wildman–Crippen LogP) is 1.66. The van der Waals surface area contributed by atoms with Gasteiger partial charge < -0.3 is 10.2 Å². The van der Waals surface area contributed by atoms with E-state index in [0.29, 0.717) is 19.3 Å². The van der Waals surface area contributed by atoms with Crippen LogP contribution < -0.4 is 0 Å². The molecule has 0 saturated carbocycles. The van der Waals surface area contributed by atoms with Crippen molar-refractivity contribution in [1.82, 2.24) is 0 Å². The third-order valence-electron chi connectivity index (χ3n) is 1.45. The summed E-state index contributed by atoms with van der Waals surface area (Å²) in [6, 6.07) is 0. The van der Waals surface area contributed by atoms with E-state index in [4.69, 9.17) is 10.2 Å². The summed E-state index contributed by atoms with van der Waals surface area (Å²) in [6.45, 7) is 0. The van der Waals surface area contributed by atoms with Gasteiger partial charge in [0.2, 0.25) is 0 Å². The molecule has 0 fully saturated rings. The molecular formula is C9H14O4. The minimum atomic E-state index is -0.810. The van der Waals surface area contributed by atoms with E-state index in [1.54, 1.807) is 6.08 Å². The van der Waals surface area contributed by atoms with Crippen LogP contribution >= 0.6 is 0 Å². The molecule has 0 unspecified atom stereocenters. The zero-order chi connectivity index (χ0) is 10.1. The van der Waals surface area contributed by atoms with Crippen molar-refractivity contribution >= 4 is 11.9 Å². The van der Waals surface area contributed by atoms with Gasteiger partial charge in [0, 0.05) is 12.8 Å². The number of hydrogen-bond donors (Lipinski definition) is 2. The highest BCUT2D eigenvalue weighted by Gasteiger charge is 1.94. The summed E-state index contributed by atoms with van der Waals surface area (Å²) in [7, 11) is 0. The molecule has 0 atom stereocenters. The highest BCUT2D eigenvalue weighted by molar-refractivity contribution is 5.67. The van der Waals surface area contributed by atoms with Gasteiger partial charge in [0.1, 0.15) is 0 Å². The van der Waals surface area contributed by atoms with Crippen LogP contribution in [-0.4, -0.2) is 22.2 Å². The Kier molecular flexibility index (Phi) is 6.59. The van der Waals surface area contributed by atoms with Gasteiger partial charge >= 0.3 is 11.9 Å². The van der Waals surface area contributed by atoms with E-state index in [-0.39, 0.29) is 12.8 Å². The Morgan fingerprint density at radius 2 is 1.46 bits per heavy atom. The largest absolute Gasteiger partial charge is 0.481 e. The summed E-state index contributed by atoms with van der Waals surface area (Å²) in [5.41, 5.74) is 0. The fourth-order valence-electron chi connectivity index (χ4n) is 0.814.